The maximum atomic E-state index is 12.7. The Hall–Kier alpha value is -4.18. The van der Waals surface area contributed by atoms with Crippen molar-refractivity contribution in [2.45, 2.75) is 44.9 Å². The molecule has 2 unspecified atom stereocenters. The molecule has 0 N–H and O–H groups in total. The van der Waals surface area contributed by atoms with Gasteiger partial charge in [0.05, 0.1) is 26.1 Å². The first kappa shape index (κ1) is 28.4. The van der Waals surface area contributed by atoms with Crippen LogP contribution in [-0.4, -0.2) is 26.2 Å². The number of benzene rings is 4. The van der Waals surface area contributed by atoms with Crippen molar-refractivity contribution in [1.82, 2.24) is 0 Å². The normalized spacial score (nSPS) is 14.4. The summed E-state index contributed by atoms with van der Waals surface area (Å²) in [5, 5.41) is 0. The Kier molecular flexibility index (Phi) is 8.39. The monoisotopic (exact) mass is 546 g/mol. The molecule has 4 aromatic rings. The molecular formula is C37H38O4. The van der Waals surface area contributed by atoms with Gasteiger partial charge < -0.3 is 9.47 Å². The Morgan fingerprint density at radius 2 is 1.05 bits per heavy atom. The first-order chi connectivity index (χ1) is 19.9. The number of ether oxygens (including phenoxy) is 2. The highest BCUT2D eigenvalue weighted by Gasteiger charge is 2.44. The average molecular weight is 547 g/mol. The van der Waals surface area contributed by atoms with Gasteiger partial charge in [-0.05, 0) is 70.2 Å². The zero-order valence-corrected chi connectivity index (χ0v) is 24.4. The van der Waals surface area contributed by atoms with E-state index in [1.54, 1.807) is 0 Å². The van der Waals surface area contributed by atoms with Crippen LogP contribution in [0, 0.1) is 11.8 Å². The molecule has 210 valence electrons. The van der Waals surface area contributed by atoms with Gasteiger partial charge in [-0.2, -0.15) is 0 Å². The van der Waals surface area contributed by atoms with E-state index in [9.17, 15) is 9.59 Å². The summed E-state index contributed by atoms with van der Waals surface area (Å²) in [6.07, 6.45) is 2.95. The van der Waals surface area contributed by atoms with E-state index in [0.29, 0.717) is 12.8 Å². The fourth-order valence-corrected chi connectivity index (χ4v) is 6.74. The fourth-order valence-electron chi connectivity index (χ4n) is 6.74. The number of hydrogen-bond donors (Lipinski definition) is 0. The first-order valence-electron chi connectivity index (χ1n) is 14.4. The molecule has 0 heterocycles. The van der Waals surface area contributed by atoms with Gasteiger partial charge in [-0.3, -0.25) is 9.59 Å². The summed E-state index contributed by atoms with van der Waals surface area (Å²) in [7, 11) is 2.91. The van der Waals surface area contributed by atoms with Gasteiger partial charge in [-0.25, -0.2) is 0 Å². The quantitative estimate of drug-likeness (QED) is 0.190. The van der Waals surface area contributed by atoms with Crippen LogP contribution in [0.25, 0.3) is 22.3 Å². The van der Waals surface area contributed by atoms with E-state index in [1.807, 2.05) is 19.9 Å². The third kappa shape index (κ3) is 5.44. The van der Waals surface area contributed by atoms with Crippen molar-refractivity contribution in [3.05, 3.63) is 119 Å². The van der Waals surface area contributed by atoms with E-state index in [0.717, 1.165) is 24.0 Å². The minimum Gasteiger partial charge on any atom is -0.469 e. The lowest BCUT2D eigenvalue weighted by Gasteiger charge is -2.34. The van der Waals surface area contributed by atoms with Crippen LogP contribution in [0.15, 0.2) is 97.1 Å². The Bertz CT molecular complexity index is 1510. The molecule has 4 heteroatoms. The van der Waals surface area contributed by atoms with E-state index in [4.69, 9.17) is 9.47 Å². The van der Waals surface area contributed by atoms with E-state index >= 15 is 0 Å². The average Bonchev–Trinajstić information content (AvgIpc) is 3.29. The Balaban J connectivity index is 1.56. The highest BCUT2D eigenvalue weighted by molar-refractivity contribution is 5.82. The smallest absolute Gasteiger partial charge is 0.308 e. The van der Waals surface area contributed by atoms with Gasteiger partial charge in [0.1, 0.15) is 0 Å². The summed E-state index contributed by atoms with van der Waals surface area (Å²) in [6.45, 7) is 3.89. The van der Waals surface area contributed by atoms with Crippen molar-refractivity contribution < 1.29 is 19.1 Å². The molecule has 0 radical (unpaired) electrons. The van der Waals surface area contributed by atoms with Crippen LogP contribution >= 0.6 is 0 Å². The van der Waals surface area contributed by atoms with Gasteiger partial charge in [0, 0.05) is 5.41 Å². The zero-order valence-electron chi connectivity index (χ0n) is 24.4. The van der Waals surface area contributed by atoms with Crippen molar-refractivity contribution in [2.75, 3.05) is 14.2 Å². The summed E-state index contributed by atoms with van der Waals surface area (Å²) in [4.78, 5) is 24.9. The molecule has 0 spiro atoms. The van der Waals surface area contributed by atoms with Crippen molar-refractivity contribution in [1.29, 1.82) is 0 Å². The Morgan fingerprint density at radius 1 is 0.610 bits per heavy atom. The highest BCUT2D eigenvalue weighted by atomic mass is 16.5. The summed E-state index contributed by atoms with van der Waals surface area (Å²) < 4.78 is 10.2. The van der Waals surface area contributed by atoms with E-state index < -0.39 is 0 Å². The number of hydrogen-bond acceptors (Lipinski definition) is 4. The molecular weight excluding hydrogens is 508 g/mol. The number of rotatable bonds is 10. The largest absolute Gasteiger partial charge is 0.469 e. The van der Waals surface area contributed by atoms with Gasteiger partial charge in [0.2, 0.25) is 0 Å². The third-order valence-corrected chi connectivity index (χ3v) is 8.71. The number of methoxy groups -OCH3 is 2. The fraction of sp³-hybridized carbons (Fsp3) is 0.297. The van der Waals surface area contributed by atoms with Gasteiger partial charge >= 0.3 is 11.9 Å². The van der Waals surface area contributed by atoms with Crippen molar-refractivity contribution in [3.63, 3.8) is 0 Å². The van der Waals surface area contributed by atoms with Crippen molar-refractivity contribution >= 4 is 11.9 Å². The molecule has 0 fully saturated rings. The minimum atomic E-state index is -0.327. The molecule has 41 heavy (non-hydrogen) atoms. The van der Waals surface area contributed by atoms with Crippen LogP contribution in [0.2, 0.25) is 0 Å². The molecule has 0 saturated carbocycles. The molecule has 0 aromatic heterocycles. The van der Waals surface area contributed by atoms with E-state index in [2.05, 4.69) is 91.0 Å². The van der Waals surface area contributed by atoms with Gasteiger partial charge in [0.25, 0.3) is 0 Å². The second kappa shape index (κ2) is 12.1. The highest BCUT2D eigenvalue weighted by Crippen LogP contribution is 2.54. The topological polar surface area (TPSA) is 52.6 Å². The second-order valence-corrected chi connectivity index (χ2v) is 11.2. The summed E-state index contributed by atoms with van der Waals surface area (Å²) in [5.74, 6) is -0.869. The molecule has 4 aromatic carbocycles. The van der Waals surface area contributed by atoms with Crippen LogP contribution in [-0.2, 0) is 37.3 Å². The SMILES string of the molecule is COC(=O)C(C)Cc1ccccc1-c1ccccc1CCC1(CC(C)C(=O)OC)c2ccccc2-c2ccccc21. The molecule has 0 bridgehead atoms. The zero-order chi connectivity index (χ0) is 29.0. The van der Waals surface area contributed by atoms with Crippen LogP contribution in [0.1, 0.15) is 48.9 Å². The number of carbonyl (C=O) groups excluding carboxylic acids is 2. The predicted molar refractivity (Wildman–Crippen MR) is 164 cm³/mol. The number of carbonyl (C=O) groups is 2. The van der Waals surface area contributed by atoms with E-state index in [-0.39, 0.29) is 29.2 Å². The standard InChI is InChI=1S/C37H38O4/c1-25(35(38)40-3)23-28-14-6-8-16-30(28)29-15-7-5-13-27(29)21-22-37(24-26(2)36(39)41-4)33-19-11-9-17-31(33)32-18-10-12-20-34(32)37/h5-20,25-26H,21-24H2,1-4H3. The van der Waals surface area contributed by atoms with Gasteiger partial charge in [0.15, 0.2) is 0 Å². The molecule has 1 aliphatic carbocycles. The lowest BCUT2D eigenvalue weighted by molar-refractivity contribution is -0.146. The maximum Gasteiger partial charge on any atom is 0.308 e. The molecule has 2 atom stereocenters. The molecule has 0 saturated heterocycles. The minimum absolute atomic E-state index is 0.180. The van der Waals surface area contributed by atoms with Crippen LogP contribution in [0.5, 0.6) is 0 Å². The third-order valence-electron chi connectivity index (χ3n) is 8.71. The number of aryl methyl sites for hydroxylation is 1. The Labute approximate surface area is 243 Å². The van der Waals surface area contributed by atoms with Crippen LogP contribution in [0.4, 0.5) is 0 Å². The lowest BCUT2D eigenvalue weighted by Crippen LogP contribution is -2.31. The molecule has 0 aliphatic heterocycles. The van der Waals surface area contributed by atoms with Gasteiger partial charge in [-0.1, -0.05) is 111 Å². The van der Waals surface area contributed by atoms with Gasteiger partial charge in [-0.15, -0.1) is 0 Å². The summed E-state index contributed by atoms with van der Waals surface area (Å²) >= 11 is 0. The van der Waals surface area contributed by atoms with Crippen molar-refractivity contribution in [3.8, 4) is 22.3 Å². The maximum absolute atomic E-state index is 12.7. The van der Waals surface area contributed by atoms with Crippen molar-refractivity contribution in [2.24, 2.45) is 11.8 Å². The molecule has 4 nitrogen and oxygen atoms in total. The molecule has 0 amide bonds. The van der Waals surface area contributed by atoms with Crippen LogP contribution in [0.3, 0.4) is 0 Å². The van der Waals surface area contributed by atoms with Crippen LogP contribution < -0.4 is 0 Å². The second-order valence-electron chi connectivity index (χ2n) is 11.2. The Morgan fingerprint density at radius 3 is 1.61 bits per heavy atom. The first-order valence-corrected chi connectivity index (χ1v) is 14.4. The summed E-state index contributed by atoms with van der Waals surface area (Å²) in [5.41, 5.74) is 9.42. The molecule has 1 aliphatic rings. The molecule has 5 rings (SSSR count). The number of esters is 2. The number of fused-ring (bicyclic) bond motifs is 3. The lowest BCUT2D eigenvalue weighted by atomic mass is 9.68. The van der Waals surface area contributed by atoms with E-state index in [1.165, 1.54) is 47.6 Å². The summed E-state index contributed by atoms with van der Waals surface area (Å²) in [6, 6.07) is 34.2. The predicted octanol–water partition coefficient (Wildman–Crippen LogP) is 7.80.